The Morgan fingerprint density at radius 3 is 1.71 bits per heavy atom. The topological polar surface area (TPSA) is 192 Å². The molecule has 0 heterocycles. The molecule has 0 radical (unpaired) electrons. The Bertz CT molecular complexity index is 1460. The highest BCUT2D eigenvalue weighted by molar-refractivity contribution is 5.91. The number of amides is 1. The van der Waals surface area contributed by atoms with Crippen LogP contribution in [-0.2, 0) is 39.9 Å². The van der Waals surface area contributed by atoms with E-state index in [0.717, 1.165) is 102 Å². The van der Waals surface area contributed by atoms with Crippen LogP contribution >= 0.6 is 0 Å². The minimum absolute atomic E-state index is 0.00285. The Hall–Kier alpha value is -3.96. The number of anilines is 4. The van der Waals surface area contributed by atoms with Crippen molar-refractivity contribution in [3.63, 3.8) is 0 Å². The molecule has 10 nitrogen and oxygen atoms in total. The second-order valence-corrected chi connectivity index (χ2v) is 14.1. The second kappa shape index (κ2) is 21.2. The van der Waals surface area contributed by atoms with E-state index in [1.807, 2.05) is 30.3 Å². The molecule has 3 aromatic rings. The summed E-state index contributed by atoms with van der Waals surface area (Å²) in [6.45, 7) is 16.1. The summed E-state index contributed by atoms with van der Waals surface area (Å²) in [5.74, 6) is -0.0736. The van der Waals surface area contributed by atoms with Gasteiger partial charge in [-0.05, 0) is 115 Å². The van der Waals surface area contributed by atoms with Gasteiger partial charge in [0.2, 0.25) is 5.91 Å². The molecule has 0 bridgehead atoms. The summed E-state index contributed by atoms with van der Waals surface area (Å²) in [5.41, 5.74) is 35.9. The predicted molar refractivity (Wildman–Crippen MR) is 206 cm³/mol. The molecule has 0 atom stereocenters. The smallest absolute Gasteiger partial charge is 0.221 e. The molecule has 0 aromatic heterocycles. The van der Waals surface area contributed by atoms with Crippen LogP contribution in [0.3, 0.4) is 0 Å². The van der Waals surface area contributed by atoms with E-state index >= 15 is 0 Å². The highest BCUT2D eigenvalue weighted by atomic mass is 16.6. The number of carbonyl (C=O) groups excluding carboxylic acids is 2. The van der Waals surface area contributed by atoms with E-state index in [1.165, 1.54) is 6.92 Å². The lowest BCUT2D eigenvalue weighted by Crippen LogP contribution is -2.16. The zero-order valence-corrected chi connectivity index (χ0v) is 31.0. The number of hydrogen-bond acceptors (Lipinski definition) is 9. The Balaban J connectivity index is 0.000000486. The van der Waals surface area contributed by atoms with Crippen LogP contribution in [0.25, 0.3) is 0 Å². The zero-order chi connectivity index (χ0) is 37.2. The summed E-state index contributed by atoms with van der Waals surface area (Å²) < 4.78 is 0. The molecule has 0 unspecified atom stereocenters. The molecule has 0 aliphatic rings. The van der Waals surface area contributed by atoms with E-state index in [2.05, 4.69) is 64.5 Å². The van der Waals surface area contributed by atoms with Crippen molar-refractivity contribution in [1.82, 2.24) is 0 Å². The second-order valence-electron chi connectivity index (χ2n) is 14.1. The lowest BCUT2D eigenvalue weighted by atomic mass is 9.85. The van der Waals surface area contributed by atoms with Crippen LogP contribution in [-0.4, -0.2) is 37.5 Å². The van der Waals surface area contributed by atoms with Crippen molar-refractivity contribution in [3.8, 4) is 0 Å². The number of nitrogens with two attached hydrogens (primary N) is 4. The van der Waals surface area contributed by atoms with Gasteiger partial charge in [-0.15, -0.1) is 0 Å². The van der Waals surface area contributed by atoms with Crippen LogP contribution in [0.5, 0.6) is 0 Å². The van der Waals surface area contributed by atoms with Crippen molar-refractivity contribution in [2.45, 2.75) is 104 Å². The largest absolute Gasteiger partial charge is 0.400 e. The molecule has 10 heteroatoms. The van der Waals surface area contributed by atoms with E-state index < -0.39 is 0 Å². The molecular formula is C39H62N6O4. The highest BCUT2D eigenvalue weighted by Crippen LogP contribution is 2.34. The molecule has 3 rings (SSSR count). The summed E-state index contributed by atoms with van der Waals surface area (Å²) in [6.07, 6.45) is 6.38. The van der Waals surface area contributed by atoms with Gasteiger partial charge in [0.05, 0.1) is 12.3 Å². The molecule has 0 aliphatic heterocycles. The predicted octanol–water partition coefficient (Wildman–Crippen LogP) is 6.62. The molecule has 0 fully saturated rings. The molecule has 11 N–H and O–H groups in total. The average Bonchev–Trinajstić information content (AvgIpc) is 3.03. The first-order valence-electron chi connectivity index (χ1n) is 17.0. The van der Waals surface area contributed by atoms with E-state index in [9.17, 15) is 9.59 Å². The number of nitrogen functional groups attached to an aromatic ring is 2. The first-order valence-corrected chi connectivity index (χ1v) is 17.0. The number of benzene rings is 3. The summed E-state index contributed by atoms with van der Waals surface area (Å²) >= 11 is 0. The molecule has 1 amide bonds. The minimum Gasteiger partial charge on any atom is -0.400 e. The first kappa shape index (κ1) is 43.1. The standard InChI is InChI=1S/C22H31N3O2.C16H27N3O.CH4O/c1-22(2,3)18-12-20(24)19(9-4-5-10-23)21(13-18)25-27-15-17-8-6-7-16(11-17)14-26;1-11(20)19-15-10-12(16(2,3)4)9-14(18)13(15)7-5-6-8-17;1-2/h6-8,11-14,25H,4-5,9-10,15,23-24H2,1-3H3;9-10H,5-8,17-18H2,1-4H3,(H,19,20);2H,1H3. The molecule has 272 valence electrons. The number of aldehydes is 1. The SMILES string of the molecule is CC(=O)Nc1cc(C(C)(C)C)cc(N)c1CCCCN.CC(C)(C)c1cc(N)c(CCCCN)c(NOCc2cccc(C=O)c2)c1.CO. The number of hydrogen-bond donors (Lipinski definition) is 7. The molecule has 49 heavy (non-hydrogen) atoms. The Morgan fingerprint density at radius 2 is 1.27 bits per heavy atom. The van der Waals surface area contributed by atoms with Gasteiger partial charge < -0.3 is 33.4 Å². The van der Waals surface area contributed by atoms with Crippen LogP contribution in [0, 0.1) is 0 Å². The van der Waals surface area contributed by atoms with Crippen molar-refractivity contribution in [2.75, 3.05) is 42.5 Å². The van der Waals surface area contributed by atoms with Gasteiger partial charge in [0.15, 0.2) is 0 Å². The maximum Gasteiger partial charge on any atom is 0.221 e. The fourth-order valence-corrected chi connectivity index (χ4v) is 5.05. The maximum absolute atomic E-state index is 11.4. The molecule has 0 saturated carbocycles. The third kappa shape index (κ3) is 15.0. The molecule has 3 aromatic carbocycles. The summed E-state index contributed by atoms with van der Waals surface area (Å²) in [4.78, 5) is 28.0. The van der Waals surface area contributed by atoms with Crippen molar-refractivity contribution in [2.24, 2.45) is 11.5 Å². The molecule has 0 saturated heterocycles. The lowest BCUT2D eigenvalue weighted by molar-refractivity contribution is -0.114. The number of unbranched alkanes of at least 4 members (excludes halogenated alkanes) is 2. The van der Waals surface area contributed by atoms with Gasteiger partial charge in [-0.3, -0.25) is 19.9 Å². The Labute approximate surface area is 294 Å². The third-order valence-electron chi connectivity index (χ3n) is 7.88. The van der Waals surface area contributed by atoms with Crippen molar-refractivity contribution in [1.29, 1.82) is 0 Å². The molecular weight excluding hydrogens is 616 g/mol. The van der Waals surface area contributed by atoms with Gasteiger partial charge in [-0.1, -0.05) is 59.7 Å². The van der Waals surface area contributed by atoms with Gasteiger partial charge >= 0.3 is 0 Å². The summed E-state index contributed by atoms with van der Waals surface area (Å²) in [5, 5.41) is 9.90. The van der Waals surface area contributed by atoms with Crippen molar-refractivity contribution < 1.29 is 19.5 Å². The van der Waals surface area contributed by atoms with Crippen LogP contribution < -0.4 is 33.7 Å². The maximum atomic E-state index is 11.4. The van der Waals surface area contributed by atoms with Gasteiger partial charge in [-0.2, -0.15) is 0 Å². The number of aliphatic hydroxyl groups is 1. The van der Waals surface area contributed by atoms with Gasteiger partial charge in [-0.25, -0.2) is 0 Å². The third-order valence-corrected chi connectivity index (χ3v) is 7.88. The van der Waals surface area contributed by atoms with Gasteiger partial charge in [0, 0.05) is 42.2 Å². The quantitative estimate of drug-likeness (QED) is 0.0425. The normalized spacial score (nSPS) is 11.1. The Kier molecular flexibility index (Phi) is 18.6. The molecule has 0 aliphatic carbocycles. The molecule has 0 spiro atoms. The number of carbonyl (C=O) groups is 2. The van der Waals surface area contributed by atoms with Crippen molar-refractivity contribution >= 4 is 34.9 Å². The van der Waals surface area contributed by atoms with E-state index in [-0.39, 0.29) is 16.7 Å². The highest BCUT2D eigenvalue weighted by Gasteiger charge is 2.19. The Morgan fingerprint density at radius 1 is 0.776 bits per heavy atom. The number of nitrogens with one attached hydrogen (secondary N) is 2. The van der Waals surface area contributed by atoms with Crippen molar-refractivity contribution in [3.05, 3.63) is 81.9 Å². The lowest BCUT2D eigenvalue weighted by Gasteiger charge is -2.23. The summed E-state index contributed by atoms with van der Waals surface area (Å²) in [7, 11) is 1.00. The van der Waals surface area contributed by atoms with Crippen LogP contribution in [0.2, 0.25) is 0 Å². The monoisotopic (exact) mass is 678 g/mol. The van der Waals surface area contributed by atoms with Crippen LogP contribution in [0.15, 0.2) is 48.5 Å². The summed E-state index contributed by atoms with van der Waals surface area (Å²) in [6, 6.07) is 15.6. The van der Waals surface area contributed by atoms with E-state index in [1.54, 1.807) is 6.07 Å². The number of aliphatic hydroxyl groups excluding tert-OH is 1. The number of rotatable bonds is 14. The van der Waals surface area contributed by atoms with E-state index in [4.69, 9.17) is 32.9 Å². The van der Waals surface area contributed by atoms with Crippen LogP contribution in [0.1, 0.15) is 112 Å². The average molecular weight is 679 g/mol. The van der Waals surface area contributed by atoms with Crippen LogP contribution in [0.4, 0.5) is 22.7 Å². The van der Waals surface area contributed by atoms with Gasteiger partial charge in [0.1, 0.15) is 6.29 Å². The first-order chi connectivity index (χ1) is 23.1. The zero-order valence-electron chi connectivity index (χ0n) is 31.0. The van der Waals surface area contributed by atoms with Gasteiger partial charge in [0.25, 0.3) is 0 Å². The minimum atomic E-state index is -0.0736. The fourth-order valence-electron chi connectivity index (χ4n) is 5.05. The van der Waals surface area contributed by atoms with E-state index in [0.29, 0.717) is 25.3 Å². The fraction of sp³-hybridized carbons (Fsp3) is 0.487.